The lowest BCUT2D eigenvalue weighted by molar-refractivity contribution is 0.181. The number of oxazole rings is 1. The van der Waals surface area contributed by atoms with E-state index in [0.717, 1.165) is 5.58 Å². The van der Waals surface area contributed by atoms with E-state index in [4.69, 9.17) is 4.42 Å². The van der Waals surface area contributed by atoms with Gasteiger partial charge in [-0.05, 0) is 50.9 Å². The number of rotatable bonds is 2. The number of hydrogen-bond donors (Lipinski definition) is 1. The molecule has 0 spiro atoms. The second-order valence-electron chi connectivity index (χ2n) is 5.48. The van der Waals surface area contributed by atoms with E-state index in [9.17, 15) is 0 Å². The molecule has 2 saturated heterocycles. The Morgan fingerprint density at radius 1 is 1.26 bits per heavy atom. The molecule has 5 heteroatoms. The fraction of sp³-hybridized carbons (Fsp3) is 0.571. The lowest BCUT2D eigenvalue weighted by atomic mass is 9.97. The molecule has 4 rings (SSSR count). The van der Waals surface area contributed by atoms with Gasteiger partial charge in [-0.15, -0.1) is 0 Å². The summed E-state index contributed by atoms with van der Waals surface area (Å²) < 4.78 is 5.72. The van der Waals surface area contributed by atoms with E-state index in [1.54, 1.807) is 6.20 Å². The lowest BCUT2D eigenvalue weighted by Gasteiger charge is -2.36. The van der Waals surface area contributed by atoms with Crippen LogP contribution in [0.2, 0.25) is 0 Å². The summed E-state index contributed by atoms with van der Waals surface area (Å²) in [5.41, 5.74) is 1.44. The highest BCUT2D eigenvalue weighted by molar-refractivity contribution is 5.69. The van der Waals surface area contributed by atoms with Crippen LogP contribution < -0.4 is 5.32 Å². The number of anilines is 1. The van der Waals surface area contributed by atoms with Gasteiger partial charge >= 0.3 is 0 Å². The molecule has 2 aliphatic heterocycles. The molecule has 2 atom stereocenters. The Labute approximate surface area is 112 Å². The highest BCUT2D eigenvalue weighted by atomic mass is 16.4. The summed E-state index contributed by atoms with van der Waals surface area (Å²) in [5.74, 6) is 0. The molecule has 5 nitrogen and oxygen atoms in total. The largest absolute Gasteiger partial charge is 0.422 e. The third-order valence-electron chi connectivity index (χ3n) is 4.31. The third kappa shape index (κ3) is 1.98. The molecule has 19 heavy (non-hydrogen) atoms. The minimum absolute atomic E-state index is 0.462. The van der Waals surface area contributed by atoms with Crippen LogP contribution in [0.4, 0.5) is 6.01 Å². The second-order valence-corrected chi connectivity index (χ2v) is 5.48. The van der Waals surface area contributed by atoms with Crippen LogP contribution in [0.5, 0.6) is 0 Å². The van der Waals surface area contributed by atoms with Crippen LogP contribution in [-0.4, -0.2) is 40.0 Å². The molecule has 1 N–H and O–H groups in total. The van der Waals surface area contributed by atoms with Gasteiger partial charge in [-0.3, -0.25) is 4.90 Å². The zero-order valence-corrected chi connectivity index (χ0v) is 10.9. The summed E-state index contributed by atoms with van der Waals surface area (Å²) in [5, 5.41) is 3.48. The predicted molar refractivity (Wildman–Crippen MR) is 73.0 cm³/mol. The maximum atomic E-state index is 5.72. The van der Waals surface area contributed by atoms with Gasteiger partial charge in [-0.2, -0.15) is 4.98 Å². The third-order valence-corrected chi connectivity index (χ3v) is 4.31. The first kappa shape index (κ1) is 11.2. The fourth-order valence-electron chi connectivity index (χ4n) is 3.45. The lowest BCUT2D eigenvalue weighted by Crippen LogP contribution is -2.47. The van der Waals surface area contributed by atoms with Crippen LogP contribution in [0.3, 0.4) is 0 Å². The van der Waals surface area contributed by atoms with Gasteiger partial charge < -0.3 is 9.73 Å². The molecule has 0 unspecified atom stereocenters. The molecular weight excluding hydrogens is 240 g/mol. The summed E-state index contributed by atoms with van der Waals surface area (Å²) in [7, 11) is 0. The van der Waals surface area contributed by atoms with Gasteiger partial charge in [0.25, 0.3) is 6.01 Å². The molecule has 0 aromatic carbocycles. The minimum atomic E-state index is 0.462. The maximum absolute atomic E-state index is 5.72. The van der Waals surface area contributed by atoms with Crippen molar-refractivity contribution in [2.45, 2.75) is 37.8 Å². The Balaban J connectivity index is 1.56. The zero-order chi connectivity index (χ0) is 12.7. The maximum Gasteiger partial charge on any atom is 0.297 e. The highest BCUT2D eigenvalue weighted by Gasteiger charge is 2.35. The number of hydrogen-bond acceptors (Lipinski definition) is 5. The molecule has 0 aliphatic carbocycles. The highest BCUT2D eigenvalue weighted by Crippen LogP contribution is 2.29. The average Bonchev–Trinajstić information content (AvgIpc) is 3.04. The zero-order valence-electron chi connectivity index (χ0n) is 10.9. The van der Waals surface area contributed by atoms with E-state index < -0.39 is 0 Å². The van der Waals surface area contributed by atoms with Crippen molar-refractivity contribution in [1.82, 2.24) is 14.9 Å². The van der Waals surface area contributed by atoms with Crippen molar-refractivity contribution < 1.29 is 4.42 Å². The van der Waals surface area contributed by atoms with E-state index in [1.165, 1.54) is 38.8 Å². The normalized spacial score (nSPS) is 27.6. The topological polar surface area (TPSA) is 54.2 Å². The summed E-state index contributed by atoms with van der Waals surface area (Å²) in [6.45, 7) is 2.50. The van der Waals surface area contributed by atoms with E-state index in [-0.39, 0.29) is 0 Å². The van der Waals surface area contributed by atoms with Crippen LogP contribution in [-0.2, 0) is 0 Å². The molecule has 100 valence electrons. The standard InChI is InChI=1S/C14H18N4O/c1-6-12-13(15-7-1)17-14(19-12)16-10-4-2-8-18-9-3-5-11(10)18/h1,6-7,10-11H,2-5,8-9H2,(H,15,16,17)/t10-,11-/m1/s1. The first-order valence-corrected chi connectivity index (χ1v) is 7.12. The van der Waals surface area contributed by atoms with Crippen molar-refractivity contribution in [2.75, 3.05) is 18.4 Å². The second kappa shape index (κ2) is 4.49. The van der Waals surface area contributed by atoms with Gasteiger partial charge in [-0.1, -0.05) is 0 Å². The molecule has 0 radical (unpaired) electrons. The average molecular weight is 258 g/mol. The summed E-state index contributed by atoms with van der Waals surface area (Å²) in [4.78, 5) is 11.2. The number of piperidine rings is 1. The van der Waals surface area contributed by atoms with Crippen molar-refractivity contribution in [3.8, 4) is 0 Å². The van der Waals surface area contributed by atoms with Gasteiger partial charge in [0.1, 0.15) is 0 Å². The quantitative estimate of drug-likeness (QED) is 0.895. The molecule has 2 aromatic rings. The molecule has 0 bridgehead atoms. The Bertz CT molecular complexity index is 549. The Morgan fingerprint density at radius 3 is 3.05 bits per heavy atom. The van der Waals surface area contributed by atoms with Crippen molar-refractivity contribution in [3.05, 3.63) is 18.3 Å². The fourth-order valence-corrected chi connectivity index (χ4v) is 3.45. The predicted octanol–water partition coefficient (Wildman–Crippen LogP) is 2.26. The van der Waals surface area contributed by atoms with Crippen molar-refractivity contribution in [3.63, 3.8) is 0 Å². The van der Waals surface area contributed by atoms with Gasteiger partial charge in [0.2, 0.25) is 5.65 Å². The molecule has 2 aromatic heterocycles. The summed E-state index contributed by atoms with van der Waals surface area (Å²) in [6, 6.07) is 5.51. The van der Waals surface area contributed by atoms with Crippen LogP contribution >= 0.6 is 0 Å². The molecule has 4 heterocycles. The van der Waals surface area contributed by atoms with Crippen molar-refractivity contribution in [1.29, 1.82) is 0 Å². The van der Waals surface area contributed by atoms with E-state index >= 15 is 0 Å². The minimum Gasteiger partial charge on any atom is -0.422 e. The molecule has 2 aliphatic rings. The summed E-state index contributed by atoms with van der Waals surface area (Å²) in [6.07, 6.45) is 6.81. The van der Waals surface area contributed by atoms with Crippen LogP contribution in [0.1, 0.15) is 25.7 Å². The number of nitrogens with zero attached hydrogens (tertiary/aromatic N) is 3. The first-order valence-electron chi connectivity index (χ1n) is 7.12. The Morgan fingerprint density at radius 2 is 2.16 bits per heavy atom. The van der Waals surface area contributed by atoms with Gasteiger partial charge in [-0.25, -0.2) is 4.98 Å². The molecular formula is C14H18N4O. The van der Waals surface area contributed by atoms with Gasteiger partial charge in [0, 0.05) is 18.3 Å². The Kier molecular flexibility index (Phi) is 2.65. The molecule has 2 fully saturated rings. The van der Waals surface area contributed by atoms with E-state index in [1.807, 2.05) is 12.1 Å². The monoisotopic (exact) mass is 258 g/mol. The van der Waals surface area contributed by atoms with Crippen LogP contribution in [0.25, 0.3) is 11.2 Å². The van der Waals surface area contributed by atoms with Crippen LogP contribution in [0.15, 0.2) is 22.7 Å². The van der Waals surface area contributed by atoms with Crippen molar-refractivity contribution >= 4 is 17.2 Å². The van der Waals surface area contributed by atoms with Gasteiger partial charge in [0.15, 0.2) is 5.58 Å². The molecule has 0 amide bonds. The first-order chi connectivity index (χ1) is 9.40. The Hall–Kier alpha value is -1.62. The summed E-state index contributed by atoms with van der Waals surface area (Å²) >= 11 is 0. The van der Waals surface area contributed by atoms with E-state index in [2.05, 4.69) is 20.2 Å². The van der Waals surface area contributed by atoms with E-state index in [0.29, 0.717) is 23.7 Å². The smallest absolute Gasteiger partial charge is 0.297 e. The van der Waals surface area contributed by atoms with Crippen molar-refractivity contribution in [2.24, 2.45) is 0 Å². The number of pyridine rings is 1. The van der Waals surface area contributed by atoms with Crippen LogP contribution in [0, 0.1) is 0 Å². The number of nitrogens with one attached hydrogen (secondary N) is 1. The van der Waals surface area contributed by atoms with Gasteiger partial charge in [0.05, 0.1) is 0 Å². The number of fused-ring (bicyclic) bond motifs is 2. The SMILES string of the molecule is c1cnc2nc(N[C@@H]3CCCN4CCC[C@H]34)oc2c1. The number of aromatic nitrogens is 2. The molecule has 0 saturated carbocycles.